The zero-order valence-corrected chi connectivity index (χ0v) is 11.0. The number of carbonyl (C=O) groups excluding carboxylic acids is 1. The minimum absolute atomic E-state index is 0.0667. The minimum atomic E-state index is 0.0667. The fourth-order valence-corrected chi connectivity index (χ4v) is 2.67. The van der Waals surface area contributed by atoms with Crippen molar-refractivity contribution in [2.45, 2.75) is 39.0 Å². The Morgan fingerprint density at radius 3 is 2.83 bits per heavy atom. The van der Waals surface area contributed by atoms with Gasteiger partial charge in [-0.05, 0) is 37.3 Å². The predicted octanol–water partition coefficient (Wildman–Crippen LogP) is 3.01. The van der Waals surface area contributed by atoms with E-state index in [9.17, 15) is 9.90 Å². The molecule has 1 aliphatic carbocycles. The van der Waals surface area contributed by atoms with Gasteiger partial charge in [-0.3, -0.25) is 4.79 Å². The normalized spacial score (nSPS) is 19.9. The Kier molecular flexibility index (Phi) is 3.90. The van der Waals surface area contributed by atoms with Gasteiger partial charge in [-0.25, -0.2) is 0 Å². The Morgan fingerprint density at radius 2 is 2.17 bits per heavy atom. The van der Waals surface area contributed by atoms with Crippen LogP contribution in [0.5, 0.6) is 11.5 Å². The highest BCUT2D eigenvalue weighted by molar-refractivity contribution is 5.82. The van der Waals surface area contributed by atoms with Gasteiger partial charge >= 0.3 is 0 Å². The Balaban J connectivity index is 2.21. The number of phenolic OH excluding ortho intramolecular Hbond substituents is 1. The van der Waals surface area contributed by atoms with Gasteiger partial charge in [-0.2, -0.15) is 0 Å². The average molecular weight is 248 g/mol. The van der Waals surface area contributed by atoms with Crippen LogP contribution >= 0.6 is 0 Å². The first-order chi connectivity index (χ1) is 8.63. The van der Waals surface area contributed by atoms with Crippen LogP contribution in [0.15, 0.2) is 12.1 Å². The van der Waals surface area contributed by atoms with Crippen LogP contribution in [0, 0.1) is 12.8 Å². The highest BCUT2D eigenvalue weighted by Gasteiger charge is 2.24. The lowest BCUT2D eigenvalue weighted by atomic mass is 9.83. The van der Waals surface area contributed by atoms with Crippen molar-refractivity contribution in [1.29, 1.82) is 0 Å². The van der Waals surface area contributed by atoms with Crippen molar-refractivity contribution in [3.8, 4) is 11.5 Å². The van der Waals surface area contributed by atoms with Crippen LogP contribution in [-0.4, -0.2) is 18.0 Å². The molecule has 0 saturated heterocycles. The Morgan fingerprint density at radius 1 is 1.39 bits per heavy atom. The van der Waals surface area contributed by atoms with E-state index in [0.717, 1.165) is 30.4 Å². The summed E-state index contributed by atoms with van der Waals surface area (Å²) in [5.74, 6) is 1.11. The van der Waals surface area contributed by atoms with Crippen LogP contribution < -0.4 is 4.74 Å². The SMILES string of the molecule is COc1c(C)ccc(CC2CCCCC2=O)c1O. The zero-order chi connectivity index (χ0) is 13.1. The Hall–Kier alpha value is -1.51. The number of phenols is 1. The number of ether oxygens (including phenoxy) is 1. The Bertz CT molecular complexity index is 451. The van der Waals surface area contributed by atoms with Crippen LogP contribution in [0.3, 0.4) is 0 Å². The Labute approximate surface area is 108 Å². The summed E-state index contributed by atoms with van der Waals surface area (Å²) in [6.07, 6.45) is 4.38. The quantitative estimate of drug-likeness (QED) is 0.894. The molecule has 0 aromatic heterocycles. The molecule has 0 heterocycles. The van der Waals surface area contributed by atoms with E-state index in [0.29, 0.717) is 24.4 Å². The second kappa shape index (κ2) is 5.42. The summed E-state index contributed by atoms with van der Waals surface area (Å²) in [7, 11) is 1.55. The second-order valence-electron chi connectivity index (χ2n) is 5.04. The molecule has 0 amide bonds. The lowest BCUT2D eigenvalue weighted by molar-refractivity contribution is -0.124. The summed E-state index contributed by atoms with van der Waals surface area (Å²) in [4.78, 5) is 11.8. The number of aromatic hydroxyl groups is 1. The minimum Gasteiger partial charge on any atom is -0.504 e. The molecular formula is C15H20O3. The van der Waals surface area contributed by atoms with Crippen LogP contribution in [0.4, 0.5) is 0 Å². The maximum absolute atomic E-state index is 11.8. The molecule has 1 saturated carbocycles. The van der Waals surface area contributed by atoms with E-state index in [4.69, 9.17) is 4.74 Å². The maximum Gasteiger partial charge on any atom is 0.163 e. The monoisotopic (exact) mass is 248 g/mol. The second-order valence-corrected chi connectivity index (χ2v) is 5.04. The highest BCUT2D eigenvalue weighted by atomic mass is 16.5. The number of hydrogen-bond acceptors (Lipinski definition) is 3. The van der Waals surface area contributed by atoms with E-state index in [1.54, 1.807) is 7.11 Å². The standard InChI is InChI=1S/C15H20O3/c1-10-7-8-12(14(17)15(10)18-2)9-11-5-3-4-6-13(11)16/h7-8,11,17H,3-6,9H2,1-2H3. The van der Waals surface area contributed by atoms with Gasteiger partial charge in [0.1, 0.15) is 5.78 Å². The molecule has 98 valence electrons. The molecule has 1 N–H and O–H groups in total. The summed E-state index contributed by atoms with van der Waals surface area (Å²) < 4.78 is 5.20. The molecule has 3 heteroatoms. The fraction of sp³-hybridized carbons (Fsp3) is 0.533. The van der Waals surface area contributed by atoms with Gasteiger partial charge in [0.15, 0.2) is 11.5 Å². The zero-order valence-electron chi connectivity index (χ0n) is 11.0. The number of Topliss-reactive ketones (excluding diaryl/α,β-unsaturated/α-hetero) is 1. The summed E-state index contributed by atoms with van der Waals surface area (Å²) in [5, 5.41) is 10.2. The molecule has 1 aromatic rings. The van der Waals surface area contributed by atoms with Crippen molar-refractivity contribution >= 4 is 5.78 Å². The van der Waals surface area contributed by atoms with E-state index in [1.165, 1.54) is 0 Å². The first kappa shape index (κ1) is 12.9. The molecule has 0 bridgehead atoms. The van der Waals surface area contributed by atoms with E-state index in [-0.39, 0.29) is 11.7 Å². The summed E-state index contributed by atoms with van der Waals surface area (Å²) in [6, 6.07) is 3.83. The fourth-order valence-electron chi connectivity index (χ4n) is 2.67. The van der Waals surface area contributed by atoms with Gasteiger partial charge in [0.05, 0.1) is 7.11 Å². The average Bonchev–Trinajstić information content (AvgIpc) is 2.36. The number of aryl methyl sites for hydroxylation is 1. The smallest absolute Gasteiger partial charge is 0.163 e. The summed E-state index contributed by atoms with van der Waals surface area (Å²) in [6.45, 7) is 1.90. The predicted molar refractivity (Wildman–Crippen MR) is 70.1 cm³/mol. The third-order valence-electron chi connectivity index (χ3n) is 3.76. The maximum atomic E-state index is 11.8. The molecule has 1 fully saturated rings. The number of carbonyl (C=O) groups is 1. The lowest BCUT2D eigenvalue weighted by Crippen LogP contribution is -2.21. The first-order valence-corrected chi connectivity index (χ1v) is 6.51. The summed E-state index contributed by atoms with van der Waals surface area (Å²) >= 11 is 0. The van der Waals surface area contributed by atoms with Crippen molar-refractivity contribution in [2.75, 3.05) is 7.11 Å². The molecule has 1 aromatic carbocycles. The molecule has 0 radical (unpaired) electrons. The number of methoxy groups -OCH3 is 1. The van der Waals surface area contributed by atoms with Gasteiger partial charge in [-0.15, -0.1) is 0 Å². The van der Waals surface area contributed by atoms with Gasteiger partial charge in [0, 0.05) is 12.3 Å². The molecule has 2 rings (SSSR count). The topological polar surface area (TPSA) is 46.5 Å². The highest BCUT2D eigenvalue weighted by Crippen LogP contribution is 2.36. The summed E-state index contributed by atoms with van der Waals surface area (Å²) in [5.41, 5.74) is 1.73. The van der Waals surface area contributed by atoms with E-state index in [2.05, 4.69) is 0 Å². The van der Waals surface area contributed by atoms with Gasteiger partial charge in [0.25, 0.3) is 0 Å². The van der Waals surface area contributed by atoms with Crippen molar-refractivity contribution in [3.63, 3.8) is 0 Å². The van der Waals surface area contributed by atoms with Gasteiger partial charge < -0.3 is 9.84 Å². The van der Waals surface area contributed by atoms with Crippen LogP contribution in [0.1, 0.15) is 36.8 Å². The number of benzene rings is 1. The molecule has 3 nitrogen and oxygen atoms in total. The van der Waals surface area contributed by atoms with Crippen molar-refractivity contribution in [1.82, 2.24) is 0 Å². The number of ketones is 1. The number of rotatable bonds is 3. The third kappa shape index (κ3) is 2.50. The van der Waals surface area contributed by atoms with Crippen molar-refractivity contribution < 1.29 is 14.6 Å². The lowest BCUT2D eigenvalue weighted by Gasteiger charge is -2.21. The largest absolute Gasteiger partial charge is 0.504 e. The van der Waals surface area contributed by atoms with Crippen molar-refractivity contribution in [3.05, 3.63) is 23.3 Å². The molecular weight excluding hydrogens is 228 g/mol. The van der Waals surface area contributed by atoms with Gasteiger partial charge in [0.2, 0.25) is 0 Å². The van der Waals surface area contributed by atoms with Crippen LogP contribution in [-0.2, 0) is 11.2 Å². The molecule has 0 aliphatic heterocycles. The third-order valence-corrected chi connectivity index (χ3v) is 3.76. The molecule has 0 spiro atoms. The van der Waals surface area contributed by atoms with Crippen LogP contribution in [0.2, 0.25) is 0 Å². The van der Waals surface area contributed by atoms with Gasteiger partial charge in [-0.1, -0.05) is 18.6 Å². The first-order valence-electron chi connectivity index (χ1n) is 6.51. The van der Waals surface area contributed by atoms with E-state index >= 15 is 0 Å². The molecule has 1 aliphatic rings. The van der Waals surface area contributed by atoms with Crippen molar-refractivity contribution in [2.24, 2.45) is 5.92 Å². The van der Waals surface area contributed by atoms with Crippen LogP contribution in [0.25, 0.3) is 0 Å². The van der Waals surface area contributed by atoms with E-state index < -0.39 is 0 Å². The molecule has 1 atom stereocenters. The van der Waals surface area contributed by atoms with E-state index in [1.807, 2.05) is 19.1 Å². The number of hydrogen-bond donors (Lipinski definition) is 1. The molecule has 18 heavy (non-hydrogen) atoms. The molecule has 1 unspecified atom stereocenters.